The zero-order valence-corrected chi connectivity index (χ0v) is 14.2. The summed E-state index contributed by atoms with van der Waals surface area (Å²) in [5.74, 6) is -2.93. The van der Waals surface area contributed by atoms with E-state index in [9.17, 15) is 19.1 Å². The third-order valence-corrected chi connectivity index (χ3v) is 5.55. The van der Waals surface area contributed by atoms with Crippen molar-refractivity contribution in [3.63, 3.8) is 0 Å². The molecule has 0 bridgehead atoms. The third-order valence-electron chi connectivity index (χ3n) is 5.55. The van der Waals surface area contributed by atoms with Crippen LogP contribution in [0.5, 0.6) is 0 Å². The number of rotatable bonds is 4. The molecule has 1 aliphatic carbocycles. The van der Waals surface area contributed by atoms with Crippen molar-refractivity contribution >= 4 is 22.6 Å². The van der Waals surface area contributed by atoms with Gasteiger partial charge in [0.2, 0.25) is 5.43 Å². The number of aromatic nitrogens is 1. The molecule has 4 rings (SSSR count). The standard InChI is InChI=1S/C18H19F2N3O3/c1-8-9(5-21)6-22(8)16-13(19)4-11-15(14(16)20)23(10-2-3-10)7-12(17(11)24)18(25)26/h4,7-10H,2-3,5-6,21H2,1H3,(H,25,26)/t8-,9+/m0/s1. The number of hydrogen-bond acceptors (Lipinski definition) is 4. The molecule has 1 saturated carbocycles. The molecule has 2 aliphatic rings. The summed E-state index contributed by atoms with van der Waals surface area (Å²) in [7, 11) is 0. The van der Waals surface area contributed by atoms with E-state index in [4.69, 9.17) is 5.73 Å². The summed E-state index contributed by atoms with van der Waals surface area (Å²) in [5, 5.41) is 9.01. The molecule has 1 aliphatic heterocycles. The Labute approximate surface area is 147 Å². The maximum absolute atomic E-state index is 15.3. The number of nitrogens with two attached hydrogens (primary N) is 1. The summed E-state index contributed by atoms with van der Waals surface area (Å²) >= 11 is 0. The van der Waals surface area contributed by atoms with Gasteiger partial charge in [-0.3, -0.25) is 4.79 Å². The van der Waals surface area contributed by atoms with E-state index >= 15 is 4.39 Å². The van der Waals surface area contributed by atoms with Gasteiger partial charge in [-0.15, -0.1) is 0 Å². The molecule has 1 aromatic heterocycles. The highest BCUT2D eigenvalue weighted by Gasteiger charge is 2.39. The van der Waals surface area contributed by atoms with E-state index < -0.39 is 28.6 Å². The van der Waals surface area contributed by atoms with Gasteiger partial charge in [-0.1, -0.05) is 0 Å². The Hall–Kier alpha value is -2.48. The van der Waals surface area contributed by atoms with Crippen LogP contribution in [-0.4, -0.2) is 34.8 Å². The molecule has 2 atom stereocenters. The molecule has 0 spiro atoms. The Morgan fingerprint density at radius 2 is 2.08 bits per heavy atom. The van der Waals surface area contributed by atoms with Gasteiger partial charge in [0.25, 0.3) is 0 Å². The zero-order chi connectivity index (χ0) is 18.7. The van der Waals surface area contributed by atoms with E-state index in [1.807, 2.05) is 6.92 Å². The van der Waals surface area contributed by atoms with Crippen molar-refractivity contribution in [2.75, 3.05) is 18.0 Å². The fourth-order valence-electron chi connectivity index (χ4n) is 3.74. The largest absolute Gasteiger partial charge is 0.477 e. The Balaban J connectivity index is 1.98. The predicted octanol–water partition coefficient (Wildman–Crippen LogP) is 2.10. The van der Waals surface area contributed by atoms with Crippen LogP contribution in [0.1, 0.15) is 36.2 Å². The number of carbonyl (C=O) groups is 1. The Bertz CT molecular complexity index is 984. The van der Waals surface area contributed by atoms with Crippen molar-refractivity contribution in [1.82, 2.24) is 4.57 Å². The van der Waals surface area contributed by atoms with Crippen LogP contribution in [0.2, 0.25) is 0 Å². The third kappa shape index (κ3) is 2.32. The van der Waals surface area contributed by atoms with E-state index in [1.54, 1.807) is 4.90 Å². The van der Waals surface area contributed by atoms with E-state index in [0.717, 1.165) is 18.9 Å². The molecule has 2 aromatic rings. The smallest absolute Gasteiger partial charge is 0.341 e. The first-order valence-electron chi connectivity index (χ1n) is 8.62. The molecule has 26 heavy (non-hydrogen) atoms. The Morgan fingerprint density at radius 1 is 1.38 bits per heavy atom. The van der Waals surface area contributed by atoms with Gasteiger partial charge in [0.05, 0.1) is 10.9 Å². The predicted molar refractivity (Wildman–Crippen MR) is 92.7 cm³/mol. The lowest BCUT2D eigenvalue weighted by molar-refractivity contribution is 0.0695. The number of benzene rings is 1. The first-order chi connectivity index (χ1) is 12.3. The number of aromatic carboxylic acids is 1. The van der Waals surface area contributed by atoms with Crippen LogP contribution in [0.25, 0.3) is 10.9 Å². The summed E-state index contributed by atoms with van der Waals surface area (Å²) in [6.45, 7) is 2.73. The molecule has 2 heterocycles. The number of carboxylic acids is 1. The molecule has 8 heteroatoms. The summed E-state index contributed by atoms with van der Waals surface area (Å²) < 4.78 is 31.5. The minimum Gasteiger partial charge on any atom is -0.477 e. The van der Waals surface area contributed by atoms with E-state index in [2.05, 4.69) is 0 Å². The topological polar surface area (TPSA) is 88.6 Å². The van der Waals surface area contributed by atoms with E-state index in [1.165, 1.54) is 10.8 Å². The van der Waals surface area contributed by atoms with Gasteiger partial charge in [-0.25, -0.2) is 13.6 Å². The number of carboxylic acid groups (broad SMARTS) is 1. The SMILES string of the molecule is C[C@H]1[C@H](CN)CN1c1c(F)cc2c(=O)c(C(=O)O)cn(C3CC3)c2c1F. The second-order valence-electron chi connectivity index (χ2n) is 7.12. The highest BCUT2D eigenvalue weighted by molar-refractivity contribution is 5.94. The Morgan fingerprint density at radius 3 is 2.62 bits per heavy atom. The van der Waals surface area contributed by atoms with Gasteiger partial charge in [0.15, 0.2) is 5.82 Å². The van der Waals surface area contributed by atoms with Crippen molar-refractivity contribution in [2.45, 2.75) is 31.8 Å². The lowest BCUT2D eigenvalue weighted by Crippen LogP contribution is -2.58. The lowest BCUT2D eigenvalue weighted by Gasteiger charge is -2.47. The first kappa shape index (κ1) is 17.0. The second-order valence-corrected chi connectivity index (χ2v) is 7.12. The average Bonchev–Trinajstić information content (AvgIpc) is 3.42. The average molecular weight is 363 g/mol. The molecule has 1 saturated heterocycles. The van der Waals surface area contributed by atoms with Crippen molar-refractivity contribution in [2.24, 2.45) is 11.7 Å². The Kier molecular flexibility index (Phi) is 3.76. The normalized spacial score (nSPS) is 22.5. The molecule has 6 nitrogen and oxygen atoms in total. The van der Waals surface area contributed by atoms with Gasteiger partial charge in [0, 0.05) is 30.7 Å². The van der Waals surface area contributed by atoms with Gasteiger partial charge < -0.3 is 20.3 Å². The molecular formula is C18H19F2N3O3. The number of halogens is 2. The second kappa shape index (κ2) is 5.77. The molecule has 1 aromatic carbocycles. The van der Waals surface area contributed by atoms with E-state index in [-0.39, 0.29) is 34.6 Å². The van der Waals surface area contributed by atoms with Crippen molar-refractivity contribution in [1.29, 1.82) is 0 Å². The zero-order valence-electron chi connectivity index (χ0n) is 14.2. The van der Waals surface area contributed by atoms with Crippen LogP contribution in [0.3, 0.4) is 0 Å². The van der Waals surface area contributed by atoms with Gasteiger partial charge in [0.1, 0.15) is 17.1 Å². The summed E-state index contributed by atoms with van der Waals surface area (Å²) in [5.41, 5.74) is 4.11. The van der Waals surface area contributed by atoms with Crippen molar-refractivity contribution in [3.05, 3.63) is 39.7 Å². The van der Waals surface area contributed by atoms with Crippen molar-refractivity contribution < 1.29 is 18.7 Å². The maximum atomic E-state index is 15.3. The number of hydrogen-bond donors (Lipinski definition) is 2. The maximum Gasteiger partial charge on any atom is 0.341 e. The summed E-state index contributed by atoms with van der Waals surface area (Å²) in [6, 6.07) is 0.777. The first-order valence-corrected chi connectivity index (χ1v) is 8.62. The summed E-state index contributed by atoms with van der Waals surface area (Å²) in [6.07, 6.45) is 2.70. The van der Waals surface area contributed by atoms with Gasteiger partial charge in [-0.2, -0.15) is 0 Å². The monoisotopic (exact) mass is 363 g/mol. The number of pyridine rings is 1. The van der Waals surface area contributed by atoms with Crippen LogP contribution in [0.15, 0.2) is 17.1 Å². The molecule has 0 unspecified atom stereocenters. The van der Waals surface area contributed by atoms with Gasteiger partial charge in [-0.05, 0) is 32.4 Å². The molecule has 0 radical (unpaired) electrons. The fraction of sp³-hybridized carbons (Fsp3) is 0.444. The van der Waals surface area contributed by atoms with Crippen LogP contribution < -0.4 is 16.1 Å². The van der Waals surface area contributed by atoms with Crippen molar-refractivity contribution in [3.8, 4) is 0 Å². The number of fused-ring (bicyclic) bond motifs is 1. The number of anilines is 1. The van der Waals surface area contributed by atoms with Crippen LogP contribution in [0, 0.1) is 17.6 Å². The van der Waals surface area contributed by atoms with Gasteiger partial charge >= 0.3 is 5.97 Å². The quantitative estimate of drug-likeness (QED) is 0.868. The highest BCUT2D eigenvalue weighted by atomic mass is 19.1. The van der Waals surface area contributed by atoms with Crippen LogP contribution >= 0.6 is 0 Å². The molecular weight excluding hydrogens is 344 g/mol. The molecule has 138 valence electrons. The molecule has 3 N–H and O–H groups in total. The number of nitrogens with zero attached hydrogens (tertiary/aromatic N) is 2. The van der Waals surface area contributed by atoms with Crippen LogP contribution in [0.4, 0.5) is 14.5 Å². The van der Waals surface area contributed by atoms with Crippen LogP contribution in [-0.2, 0) is 0 Å². The minimum atomic E-state index is -1.40. The fourth-order valence-corrected chi connectivity index (χ4v) is 3.74. The molecule has 0 amide bonds. The lowest BCUT2D eigenvalue weighted by atomic mass is 9.89. The summed E-state index contributed by atoms with van der Waals surface area (Å²) in [4.78, 5) is 25.4. The highest BCUT2D eigenvalue weighted by Crippen LogP contribution is 2.41. The minimum absolute atomic E-state index is 0.0256. The molecule has 2 fully saturated rings. The van der Waals surface area contributed by atoms with E-state index in [0.29, 0.717) is 13.1 Å².